The molecule has 130 valence electrons. The van der Waals surface area contributed by atoms with Crippen LogP contribution in [0.1, 0.15) is 31.9 Å². The van der Waals surface area contributed by atoms with Crippen LogP contribution in [0.4, 0.5) is 17.6 Å². The van der Waals surface area contributed by atoms with E-state index in [0.717, 1.165) is 19.2 Å². The van der Waals surface area contributed by atoms with Crippen molar-refractivity contribution in [3.8, 4) is 0 Å². The molecule has 0 saturated heterocycles. The molecule has 3 nitrogen and oxygen atoms in total. The van der Waals surface area contributed by atoms with Gasteiger partial charge >= 0.3 is 12.1 Å². The van der Waals surface area contributed by atoms with Gasteiger partial charge in [0.1, 0.15) is 17.9 Å². The molecule has 8 heteroatoms. The minimum absolute atomic E-state index is 0.0258. The molecule has 0 spiro atoms. The van der Waals surface area contributed by atoms with Gasteiger partial charge in [-0.2, -0.15) is 13.2 Å². The van der Waals surface area contributed by atoms with Crippen LogP contribution in [0.2, 0.25) is 0 Å². The van der Waals surface area contributed by atoms with Gasteiger partial charge in [0.05, 0.1) is 11.6 Å². The van der Waals surface area contributed by atoms with E-state index in [1.54, 1.807) is 13.8 Å². The average molecular weight is 400 g/mol. The van der Waals surface area contributed by atoms with Crippen LogP contribution in [0.25, 0.3) is 0 Å². The van der Waals surface area contributed by atoms with Crippen molar-refractivity contribution in [2.75, 3.05) is 7.11 Å². The lowest BCUT2D eigenvalue weighted by Crippen LogP contribution is -2.45. The van der Waals surface area contributed by atoms with Crippen LogP contribution >= 0.6 is 15.9 Å². The number of methoxy groups -OCH3 is 1. The van der Waals surface area contributed by atoms with E-state index in [2.05, 4.69) is 26.0 Å². The molecule has 0 heterocycles. The molecule has 0 bridgehead atoms. The lowest BCUT2D eigenvalue weighted by atomic mass is 10.00. The summed E-state index contributed by atoms with van der Waals surface area (Å²) in [5.74, 6) is -1.62. The number of benzene rings is 1. The summed E-state index contributed by atoms with van der Waals surface area (Å²) in [6.45, 7) is 3.55. The van der Waals surface area contributed by atoms with Crippen molar-refractivity contribution in [1.82, 2.24) is 5.32 Å². The third-order valence-corrected chi connectivity index (χ3v) is 3.81. The lowest BCUT2D eigenvalue weighted by Gasteiger charge is -2.27. The number of rotatable bonds is 6. The number of ether oxygens (including phenoxy) is 1. The van der Waals surface area contributed by atoms with Crippen LogP contribution in [-0.4, -0.2) is 25.3 Å². The largest absolute Gasteiger partial charge is 0.468 e. The molecule has 0 radical (unpaired) electrons. The highest BCUT2D eigenvalue weighted by Gasteiger charge is 2.43. The number of halogens is 5. The highest BCUT2D eigenvalue weighted by atomic mass is 79.9. The zero-order chi connectivity index (χ0) is 17.8. The van der Waals surface area contributed by atoms with Gasteiger partial charge in [-0.3, -0.25) is 10.1 Å². The van der Waals surface area contributed by atoms with Gasteiger partial charge in [0, 0.05) is 0 Å². The first-order valence-corrected chi connectivity index (χ1v) is 7.71. The first-order valence-electron chi connectivity index (χ1n) is 6.91. The molecule has 1 N–H and O–H groups in total. The maximum absolute atomic E-state index is 13.6. The van der Waals surface area contributed by atoms with E-state index < -0.39 is 30.0 Å². The molecule has 0 saturated carbocycles. The molecule has 23 heavy (non-hydrogen) atoms. The normalized spacial score (nSPS) is 14.7. The summed E-state index contributed by atoms with van der Waals surface area (Å²) in [5, 5.41) is 2.26. The zero-order valence-electron chi connectivity index (χ0n) is 12.9. The van der Waals surface area contributed by atoms with E-state index in [4.69, 9.17) is 0 Å². The fraction of sp³-hybridized carbons (Fsp3) is 0.533. The van der Waals surface area contributed by atoms with Gasteiger partial charge in [0.2, 0.25) is 0 Å². The molecule has 0 aliphatic rings. The van der Waals surface area contributed by atoms with Crippen LogP contribution in [0.15, 0.2) is 22.7 Å². The Morgan fingerprint density at radius 3 is 2.39 bits per heavy atom. The number of esters is 1. The van der Waals surface area contributed by atoms with Crippen molar-refractivity contribution in [3.05, 3.63) is 34.1 Å². The first kappa shape index (κ1) is 19.9. The summed E-state index contributed by atoms with van der Waals surface area (Å²) >= 11 is 2.90. The Morgan fingerprint density at radius 1 is 1.35 bits per heavy atom. The van der Waals surface area contributed by atoms with Gasteiger partial charge in [-0.25, -0.2) is 4.39 Å². The highest BCUT2D eigenvalue weighted by Crippen LogP contribution is 2.34. The standard InChI is InChI=1S/C15H18BrF4NO2/c1-8(2)6-12(14(22)23-3)21-13(15(18,19)20)9-4-5-10(16)11(17)7-9/h4-5,7-8,12-13,21H,6H2,1-3H3/t12-,13?/m0/s1. The summed E-state index contributed by atoms with van der Waals surface area (Å²) in [5.41, 5.74) is -0.309. The summed E-state index contributed by atoms with van der Waals surface area (Å²) in [6, 6.07) is -0.173. The zero-order valence-corrected chi connectivity index (χ0v) is 14.5. The third-order valence-electron chi connectivity index (χ3n) is 3.16. The van der Waals surface area contributed by atoms with Gasteiger partial charge in [0.15, 0.2) is 0 Å². The number of alkyl halides is 3. The van der Waals surface area contributed by atoms with E-state index in [1.165, 1.54) is 6.07 Å². The SMILES string of the molecule is COC(=O)[C@H](CC(C)C)NC(c1ccc(Br)c(F)c1)C(F)(F)F. The smallest absolute Gasteiger partial charge is 0.407 e. The summed E-state index contributed by atoms with van der Waals surface area (Å²) in [6.07, 6.45) is -4.53. The predicted octanol–water partition coefficient (Wildman–Crippen LogP) is 4.37. The molecule has 0 aliphatic carbocycles. The molecular weight excluding hydrogens is 382 g/mol. The summed E-state index contributed by atoms with van der Waals surface area (Å²) in [7, 11) is 1.11. The van der Waals surface area contributed by atoms with E-state index in [0.29, 0.717) is 0 Å². The van der Waals surface area contributed by atoms with Gasteiger partial charge in [0.25, 0.3) is 0 Å². The second-order valence-electron chi connectivity index (χ2n) is 5.52. The first-order chi connectivity index (χ1) is 10.6. The Balaban J connectivity index is 3.15. The second-order valence-corrected chi connectivity index (χ2v) is 6.37. The molecule has 1 aromatic rings. The number of hydrogen-bond acceptors (Lipinski definition) is 3. The maximum atomic E-state index is 13.6. The van der Waals surface area contributed by atoms with Crippen molar-refractivity contribution in [2.24, 2.45) is 5.92 Å². The van der Waals surface area contributed by atoms with Crippen LogP contribution in [0.3, 0.4) is 0 Å². The molecular formula is C15H18BrF4NO2. The highest BCUT2D eigenvalue weighted by molar-refractivity contribution is 9.10. The van der Waals surface area contributed by atoms with Crippen molar-refractivity contribution < 1.29 is 27.1 Å². The molecule has 0 amide bonds. The molecule has 1 unspecified atom stereocenters. The van der Waals surface area contributed by atoms with Crippen molar-refractivity contribution in [1.29, 1.82) is 0 Å². The molecule has 2 atom stereocenters. The van der Waals surface area contributed by atoms with E-state index in [9.17, 15) is 22.4 Å². The number of hydrogen-bond donors (Lipinski definition) is 1. The lowest BCUT2D eigenvalue weighted by molar-refractivity contribution is -0.164. The van der Waals surface area contributed by atoms with Gasteiger partial charge in [-0.1, -0.05) is 19.9 Å². The van der Waals surface area contributed by atoms with E-state index in [-0.39, 0.29) is 22.4 Å². The minimum atomic E-state index is -4.69. The second kappa shape index (κ2) is 8.10. The molecule has 0 aromatic heterocycles. The minimum Gasteiger partial charge on any atom is -0.468 e. The van der Waals surface area contributed by atoms with Crippen molar-refractivity contribution in [2.45, 2.75) is 38.5 Å². The van der Waals surface area contributed by atoms with Gasteiger partial charge < -0.3 is 4.74 Å². The number of carbonyl (C=O) groups is 1. The Hall–Kier alpha value is -1.15. The summed E-state index contributed by atoms with van der Waals surface area (Å²) < 4.78 is 58.2. The molecule has 0 fully saturated rings. The van der Waals surface area contributed by atoms with Crippen molar-refractivity contribution >= 4 is 21.9 Å². The van der Waals surface area contributed by atoms with Crippen LogP contribution in [-0.2, 0) is 9.53 Å². The number of nitrogens with one attached hydrogen (secondary N) is 1. The monoisotopic (exact) mass is 399 g/mol. The van der Waals surface area contributed by atoms with Crippen molar-refractivity contribution in [3.63, 3.8) is 0 Å². The third kappa shape index (κ3) is 5.76. The fourth-order valence-electron chi connectivity index (χ4n) is 2.12. The quantitative estimate of drug-likeness (QED) is 0.570. The predicted molar refractivity (Wildman–Crippen MR) is 81.3 cm³/mol. The molecule has 0 aliphatic heterocycles. The molecule has 1 aromatic carbocycles. The Morgan fingerprint density at radius 2 is 1.96 bits per heavy atom. The molecule has 1 rings (SSSR count). The Labute approximate surface area is 140 Å². The Bertz CT molecular complexity index is 549. The maximum Gasteiger partial charge on any atom is 0.407 e. The van der Waals surface area contributed by atoms with E-state index in [1.807, 2.05) is 0 Å². The van der Waals surface area contributed by atoms with E-state index >= 15 is 0 Å². The fourth-order valence-corrected chi connectivity index (χ4v) is 2.37. The summed E-state index contributed by atoms with van der Waals surface area (Å²) in [4.78, 5) is 11.7. The van der Waals surface area contributed by atoms with Crippen LogP contribution in [0.5, 0.6) is 0 Å². The van der Waals surface area contributed by atoms with Gasteiger partial charge in [-0.15, -0.1) is 0 Å². The average Bonchev–Trinajstić information content (AvgIpc) is 2.44. The number of carbonyl (C=O) groups excluding carboxylic acids is 1. The Kier molecular flexibility index (Phi) is 7.01. The van der Waals surface area contributed by atoms with Crippen LogP contribution in [0, 0.1) is 11.7 Å². The topological polar surface area (TPSA) is 38.3 Å². The van der Waals surface area contributed by atoms with Gasteiger partial charge in [-0.05, 0) is 46.0 Å². The van der Waals surface area contributed by atoms with Crippen LogP contribution < -0.4 is 5.32 Å².